The van der Waals surface area contributed by atoms with Crippen LogP contribution in [0.2, 0.25) is 0 Å². The van der Waals surface area contributed by atoms with Crippen LogP contribution in [0.25, 0.3) is 0 Å². The highest BCUT2D eigenvalue weighted by molar-refractivity contribution is 5.76. The zero-order valence-electron chi connectivity index (χ0n) is 15.1. The normalized spacial score (nSPS) is 20.1. The Kier molecular flexibility index (Phi) is 6.23. The van der Waals surface area contributed by atoms with Crippen LogP contribution in [0.1, 0.15) is 51.2 Å². The second-order valence-corrected chi connectivity index (χ2v) is 7.81. The molecule has 1 aromatic rings. The van der Waals surface area contributed by atoms with Crippen LogP contribution in [0.3, 0.4) is 0 Å². The Morgan fingerprint density at radius 2 is 2.04 bits per heavy atom. The molecule has 128 valence electrons. The van der Waals surface area contributed by atoms with Crippen molar-refractivity contribution in [2.45, 2.75) is 52.4 Å². The summed E-state index contributed by atoms with van der Waals surface area (Å²) in [6.45, 7) is 11.6. The number of carbonyl (C=O) groups excluding carboxylic acids is 1. The van der Waals surface area contributed by atoms with E-state index >= 15 is 0 Å². The first-order chi connectivity index (χ1) is 10.9. The van der Waals surface area contributed by atoms with Gasteiger partial charge in [0.1, 0.15) is 0 Å². The third kappa shape index (κ3) is 5.35. The molecule has 1 aliphatic rings. The van der Waals surface area contributed by atoms with Crippen LogP contribution in [-0.4, -0.2) is 25.5 Å². The van der Waals surface area contributed by atoms with Gasteiger partial charge in [-0.1, -0.05) is 50.6 Å². The molecule has 1 saturated heterocycles. The highest BCUT2D eigenvalue weighted by atomic mass is 16.1. The van der Waals surface area contributed by atoms with Crippen molar-refractivity contribution in [2.75, 3.05) is 19.6 Å². The number of piperidine rings is 1. The maximum atomic E-state index is 12.3. The average Bonchev–Trinajstić information content (AvgIpc) is 2.54. The third-order valence-corrected chi connectivity index (χ3v) is 5.21. The highest BCUT2D eigenvalue weighted by Crippen LogP contribution is 2.24. The molecule has 2 rings (SSSR count). The molecule has 0 bridgehead atoms. The number of nitrogens with one attached hydrogen (secondary N) is 2. The van der Waals surface area contributed by atoms with E-state index in [1.807, 2.05) is 0 Å². The van der Waals surface area contributed by atoms with Gasteiger partial charge in [0.15, 0.2) is 0 Å². The van der Waals surface area contributed by atoms with Crippen molar-refractivity contribution >= 4 is 5.91 Å². The molecule has 23 heavy (non-hydrogen) atoms. The number of hydrogen-bond acceptors (Lipinski definition) is 2. The maximum Gasteiger partial charge on any atom is 0.220 e. The highest BCUT2D eigenvalue weighted by Gasteiger charge is 2.24. The minimum Gasteiger partial charge on any atom is -0.355 e. The number of amides is 1. The van der Waals surface area contributed by atoms with E-state index < -0.39 is 0 Å². The van der Waals surface area contributed by atoms with Gasteiger partial charge in [0.2, 0.25) is 5.91 Å². The van der Waals surface area contributed by atoms with Crippen molar-refractivity contribution in [3.8, 4) is 0 Å². The zero-order valence-corrected chi connectivity index (χ0v) is 15.1. The minimum atomic E-state index is -0.0427. The number of aryl methyl sites for hydroxylation is 1. The van der Waals surface area contributed by atoms with Gasteiger partial charge >= 0.3 is 0 Å². The molecule has 3 heteroatoms. The van der Waals surface area contributed by atoms with E-state index in [1.54, 1.807) is 0 Å². The lowest BCUT2D eigenvalue weighted by Gasteiger charge is -2.29. The number of benzene rings is 1. The Morgan fingerprint density at radius 3 is 2.65 bits per heavy atom. The van der Waals surface area contributed by atoms with E-state index in [4.69, 9.17) is 0 Å². The second-order valence-electron chi connectivity index (χ2n) is 7.81. The van der Waals surface area contributed by atoms with Crippen molar-refractivity contribution in [3.63, 3.8) is 0 Å². The van der Waals surface area contributed by atoms with Gasteiger partial charge in [0.05, 0.1) is 0 Å². The molecule has 0 spiro atoms. The molecule has 2 unspecified atom stereocenters. The van der Waals surface area contributed by atoms with E-state index in [2.05, 4.69) is 62.6 Å². The van der Waals surface area contributed by atoms with Crippen LogP contribution in [0.15, 0.2) is 24.3 Å². The number of hydrogen-bond donors (Lipinski definition) is 2. The topological polar surface area (TPSA) is 41.1 Å². The van der Waals surface area contributed by atoms with Gasteiger partial charge in [-0.25, -0.2) is 0 Å². The third-order valence-electron chi connectivity index (χ3n) is 5.21. The molecule has 1 heterocycles. The SMILES string of the molecule is Cc1ccc(C(C)(C)CNC(=O)CC(C)C2CCCNC2)cc1. The zero-order chi connectivity index (χ0) is 16.9. The van der Waals surface area contributed by atoms with Crippen LogP contribution in [0, 0.1) is 18.8 Å². The second kappa shape index (κ2) is 7.96. The van der Waals surface area contributed by atoms with Crippen molar-refractivity contribution < 1.29 is 4.79 Å². The number of rotatable bonds is 6. The molecule has 3 nitrogen and oxygen atoms in total. The lowest BCUT2D eigenvalue weighted by atomic mass is 9.83. The summed E-state index contributed by atoms with van der Waals surface area (Å²) < 4.78 is 0. The molecule has 2 atom stereocenters. The molecule has 0 saturated carbocycles. The maximum absolute atomic E-state index is 12.3. The summed E-state index contributed by atoms with van der Waals surface area (Å²) in [6, 6.07) is 8.60. The summed E-state index contributed by atoms with van der Waals surface area (Å²) in [6.07, 6.45) is 3.11. The Balaban J connectivity index is 1.81. The Hall–Kier alpha value is -1.35. The fraction of sp³-hybridized carbons (Fsp3) is 0.650. The van der Waals surface area contributed by atoms with E-state index in [0.717, 1.165) is 13.1 Å². The molecule has 1 aliphatic heterocycles. The predicted octanol–water partition coefficient (Wildman–Crippen LogP) is 3.41. The fourth-order valence-electron chi connectivity index (χ4n) is 3.32. The largest absolute Gasteiger partial charge is 0.355 e. The van der Waals surface area contributed by atoms with Crippen molar-refractivity contribution in [1.29, 1.82) is 0 Å². The fourth-order valence-corrected chi connectivity index (χ4v) is 3.32. The summed E-state index contributed by atoms with van der Waals surface area (Å²) in [7, 11) is 0. The minimum absolute atomic E-state index is 0.0427. The average molecular weight is 316 g/mol. The molecular formula is C20H32N2O. The first-order valence-corrected chi connectivity index (χ1v) is 8.93. The monoisotopic (exact) mass is 316 g/mol. The molecule has 1 aromatic carbocycles. The molecule has 0 radical (unpaired) electrons. The van der Waals surface area contributed by atoms with E-state index in [-0.39, 0.29) is 11.3 Å². The van der Waals surface area contributed by atoms with Crippen molar-refractivity contribution in [1.82, 2.24) is 10.6 Å². The Bertz CT molecular complexity index is 501. The van der Waals surface area contributed by atoms with Crippen LogP contribution in [-0.2, 0) is 10.2 Å². The standard InChI is InChI=1S/C20H32N2O/c1-15-7-9-18(10-8-15)20(3,4)14-22-19(23)12-16(2)17-6-5-11-21-13-17/h7-10,16-17,21H,5-6,11-14H2,1-4H3,(H,22,23). The summed E-state index contributed by atoms with van der Waals surface area (Å²) in [5.41, 5.74) is 2.50. The van der Waals surface area contributed by atoms with Crippen LogP contribution in [0.4, 0.5) is 0 Å². The van der Waals surface area contributed by atoms with E-state index in [9.17, 15) is 4.79 Å². The molecule has 1 fully saturated rings. The van der Waals surface area contributed by atoms with Gasteiger partial charge in [-0.05, 0) is 50.3 Å². The predicted molar refractivity (Wildman–Crippen MR) is 96.6 cm³/mol. The first kappa shape index (κ1) is 18.0. The van der Waals surface area contributed by atoms with Gasteiger partial charge < -0.3 is 10.6 Å². The van der Waals surface area contributed by atoms with Crippen LogP contribution >= 0.6 is 0 Å². The van der Waals surface area contributed by atoms with Gasteiger partial charge in [-0.15, -0.1) is 0 Å². The molecule has 0 aromatic heterocycles. The summed E-state index contributed by atoms with van der Waals surface area (Å²) in [5, 5.41) is 6.59. The van der Waals surface area contributed by atoms with Gasteiger partial charge in [-0.3, -0.25) is 4.79 Å². The van der Waals surface area contributed by atoms with Gasteiger partial charge in [0, 0.05) is 18.4 Å². The van der Waals surface area contributed by atoms with Gasteiger partial charge in [0.25, 0.3) is 0 Å². The van der Waals surface area contributed by atoms with Crippen molar-refractivity contribution in [3.05, 3.63) is 35.4 Å². The summed E-state index contributed by atoms with van der Waals surface area (Å²) >= 11 is 0. The Labute approximate surface area is 141 Å². The van der Waals surface area contributed by atoms with Crippen molar-refractivity contribution in [2.24, 2.45) is 11.8 Å². The molecule has 2 N–H and O–H groups in total. The molecule has 0 aliphatic carbocycles. The molecule has 1 amide bonds. The lowest BCUT2D eigenvalue weighted by molar-refractivity contribution is -0.122. The number of carbonyl (C=O) groups is 1. The quantitative estimate of drug-likeness (QED) is 0.844. The molecular weight excluding hydrogens is 284 g/mol. The lowest BCUT2D eigenvalue weighted by Crippen LogP contribution is -2.39. The van der Waals surface area contributed by atoms with Crippen LogP contribution < -0.4 is 10.6 Å². The van der Waals surface area contributed by atoms with E-state index in [0.29, 0.717) is 24.8 Å². The summed E-state index contributed by atoms with van der Waals surface area (Å²) in [4.78, 5) is 12.3. The van der Waals surface area contributed by atoms with Gasteiger partial charge in [-0.2, -0.15) is 0 Å². The Morgan fingerprint density at radius 1 is 1.35 bits per heavy atom. The summed E-state index contributed by atoms with van der Waals surface area (Å²) in [5.74, 6) is 1.27. The van der Waals surface area contributed by atoms with E-state index in [1.165, 1.54) is 24.0 Å². The smallest absolute Gasteiger partial charge is 0.220 e. The first-order valence-electron chi connectivity index (χ1n) is 8.93. The van der Waals surface area contributed by atoms with Crippen LogP contribution in [0.5, 0.6) is 0 Å².